The van der Waals surface area contributed by atoms with Gasteiger partial charge in [0.2, 0.25) is 0 Å². The van der Waals surface area contributed by atoms with E-state index >= 15 is 0 Å². The van der Waals surface area contributed by atoms with Gasteiger partial charge in [-0.25, -0.2) is 22.8 Å². The van der Waals surface area contributed by atoms with Gasteiger partial charge in [-0.1, -0.05) is 23.4 Å². The molecule has 0 aromatic heterocycles. The number of rotatable bonds is 1. The van der Waals surface area contributed by atoms with Gasteiger partial charge in [-0.15, -0.1) is 12.8 Å². The molecule has 0 spiro atoms. The van der Waals surface area contributed by atoms with Crippen LogP contribution >= 0.6 is 16.0 Å². The second-order valence-corrected chi connectivity index (χ2v) is 12.8. The van der Waals surface area contributed by atoms with Crippen LogP contribution in [0.15, 0.2) is 16.3 Å². The first kappa shape index (κ1) is 30.7. The summed E-state index contributed by atoms with van der Waals surface area (Å²) in [5.74, 6) is 0. The molecule has 1 rings (SSSR count). The van der Waals surface area contributed by atoms with Gasteiger partial charge in [-0.05, 0) is 7.92 Å². The van der Waals surface area contributed by atoms with Crippen LogP contribution in [0.3, 0.4) is 0 Å². The van der Waals surface area contributed by atoms with E-state index in [2.05, 4.69) is 42.7 Å². The van der Waals surface area contributed by atoms with E-state index in [0.717, 1.165) is 0 Å². The molecular formula is C15H37NNiO2P2S. The Kier molecular flexibility index (Phi) is 27.8. The van der Waals surface area contributed by atoms with E-state index < -0.39 is 18.1 Å². The molecule has 0 aromatic rings. The number of nitrogens with zero attached hydrogens (tertiary/aromatic N) is 1. The molecule has 0 saturated carbocycles. The molecule has 0 amide bonds. The van der Waals surface area contributed by atoms with Gasteiger partial charge in [0.1, 0.15) is 8.07 Å². The van der Waals surface area contributed by atoms with Gasteiger partial charge in [-0.3, -0.25) is 4.55 Å². The average molecular weight is 416 g/mol. The van der Waals surface area contributed by atoms with Crippen LogP contribution in [0.2, 0.25) is 0 Å². The van der Waals surface area contributed by atoms with E-state index in [1.54, 1.807) is 0 Å². The standard InChI is InChI=1S/C8H13.C3H10NO2PS.C3H9P.CH3.Ni/c1-2-4-6-8-7-5-3-1;1-7(2)4-8(3,5)6;1-4(2)3;;/h1-3H,4-8H2;1-3H3,(H,4,5,6);1-3H3;1H3;/q-1;;;-1;/p+2/b2-1+;;;;. The van der Waals surface area contributed by atoms with Gasteiger partial charge in [0.25, 0.3) is 0 Å². The van der Waals surface area contributed by atoms with Crippen LogP contribution in [-0.2, 0) is 26.5 Å². The molecule has 0 aliphatic heterocycles. The normalized spacial score (nSPS) is 17.3. The zero-order valence-corrected chi connectivity index (χ0v) is 19.1. The Morgan fingerprint density at radius 1 is 1.14 bits per heavy atom. The summed E-state index contributed by atoms with van der Waals surface area (Å²) in [5, 5.41) is 0. The Bertz CT molecular complexity index is 335. The van der Waals surface area contributed by atoms with Crippen LogP contribution < -0.4 is 0 Å². The average Bonchev–Trinajstić information content (AvgIpc) is 2.10. The molecule has 0 saturated heterocycles. The summed E-state index contributed by atoms with van der Waals surface area (Å²) < 4.78 is 22.6. The predicted octanol–water partition coefficient (Wildman–Crippen LogP) is 5.19. The van der Waals surface area contributed by atoms with Gasteiger partial charge >= 0.3 is 0 Å². The van der Waals surface area contributed by atoms with Crippen LogP contribution in [0.1, 0.15) is 32.1 Å². The molecule has 22 heavy (non-hydrogen) atoms. The third kappa shape index (κ3) is 42.8. The topological polar surface area (TPSA) is 49.7 Å². The predicted molar refractivity (Wildman–Crippen MR) is 108 cm³/mol. The number of hydrogen-bond acceptors (Lipinski definition) is 2. The van der Waals surface area contributed by atoms with Crippen LogP contribution in [0.25, 0.3) is 0 Å². The minimum absolute atomic E-state index is 0. The summed E-state index contributed by atoms with van der Waals surface area (Å²) in [5.41, 5.74) is 0. The summed E-state index contributed by atoms with van der Waals surface area (Å²) >= 11 is 0. The molecular weight excluding hydrogens is 379 g/mol. The Labute approximate surface area is 153 Å². The molecule has 0 aromatic carbocycles. The van der Waals surface area contributed by atoms with Crippen molar-refractivity contribution in [3.63, 3.8) is 0 Å². The van der Waals surface area contributed by atoms with Crippen LogP contribution in [0.4, 0.5) is 0 Å². The van der Waals surface area contributed by atoms with Gasteiger partial charge in [0, 0.05) is 42.7 Å². The van der Waals surface area contributed by atoms with E-state index in [0.29, 0.717) is 0 Å². The Morgan fingerprint density at radius 3 is 2.00 bits per heavy atom. The Morgan fingerprint density at radius 2 is 1.64 bits per heavy atom. The fraction of sp³-hybridized carbons (Fsp3) is 0.733. The number of hydrogen-bond donors (Lipinski definition) is 1. The molecule has 140 valence electrons. The molecule has 7 heteroatoms. The van der Waals surface area contributed by atoms with Crippen molar-refractivity contribution in [1.82, 2.24) is 0 Å². The molecule has 0 radical (unpaired) electrons. The molecule has 1 unspecified atom stereocenters. The second-order valence-electron chi connectivity index (χ2n) is 5.60. The zero-order valence-electron chi connectivity index (χ0n) is 15.3. The van der Waals surface area contributed by atoms with Crippen molar-refractivity contribution in [2.24, 2.45) is 4.13 Å². The van der Waals surface area contributed by atoms with E-state index in [4.69, 9.17) is 4.55 Å². The second kappa shape index (κ2) is 19.9. The molecule has 0 heterocycles. The van der Waals surface area contributed by atoms with Crippen molar-refractivity contribution in [1.29, 1.82) is 0 Å². The van der Waals surface area contributed by atoms with Gasteiger partial charge < -0.3 is 7.43 Å². The summed E-state index contributed by atoms with van der Waals surface area (Å²) in [6.45, 7) is 10.5. The minimum atomic E-state index is -2.80. The molecule has 0 bridgehead atoms. The molecule has 1 N–H and O–H groups in total. The summed E-state index contributed by atoms with van der Waals surface area (Å²) in [7, 11) is -3.58. The van der Waals surface area contributed by atoms with Crippen LogP contribution in [-0.4, -0.2) is 48.3 Å². The third-order valence-corrected chi connectivity index (χ3v) is 4.68. The summed E-state index contributed by atoms with van der Waals surface area (Å²) in [6.07, 6.45) is 14.7. The van der Waals surface area contributed by atoms with E-state index in [9.17, 15) is 4.21 Å². The Balaban J connectivity index is -0.000000111. The zero-order chi connectivity index (χ0) is 16.0. The maximum Gasteiger partial charge on any atom is 0.192 e. The molecule has 3 nitrogen and oxygen atoms in total. The quantitative estimate of drug-likeness (QED) is 0.363. The third-order valence-electron chi connectivity index (χ3n) is 1.87. The SMILES string of the molecule is C1=C/CCCCC[CH-]/1.C[PH+](C)C.C[PH+](C)N=S(C)(=O)O.[CH3-].[Ni]. The van der Waals surface area contributed by atoms with E-state index in [-0.39, 0.29) is 31.8 Å². The smallest absolute Gasteiger partial charge is 0.192 e. The fourth-order valence-corrected chi connectivity index (χ4v) is 4.04. The van der Waals surface area contributed by atoms with Crippen molar-refractivity contribution in [2.45, 2.75) is 32.1 Å². The van der Waals surface area contributed by atoms with Crippen molar-refractivity contribution in [3.05, 3.63) is 26.0 Å². The molecule has 1 atom stereocenters. The molecule has 0 fully saturated rings. The van der Waals surface area contributed by atoms with Crippen molar-refractivity contribution < 1.29 is 25.3 Å². The minimum Gasteiger partial charge on any atom is -0.358 e. The van der Waals surface area contributed by atoms with Crippen molar-refractivity contribution in [2.75, 3.05) is 39.6 Å². The van der Waals surface area contributed by atoms with Gasteiger partial charge in [0.05, 0.1) is 13.3 Å². The van der Waals surface area contributed by atoms with Gasteiger partial charge in [-0.2, -0.15) is 0 Å². The van der Waals surface area contributed by atoms with Crippen LogP contribution in [0.5, 0.6) is 0 Å². The van der Waals surface area contributed by atoms with E-state index in [1.807, 2.05) is 13.3 Å². The van der Waals surface area contributed by atoms with Crippen molar-refractivity contribution >= 4 is 26.0 Å². The summed E-state index contributed by atoms with van der Waals surface area (Å²) in [4.78, 5) is 0. The van der Waals surface area contributed by atoms with Crippen LogP contribution in [0, 0.1) is 13.8 Å². The maximum absolute atomic E-state index is 10.4. The monoisotopic (exact) mass is 415 g/mol. The largest absolute Gasteiger partial charge is 0.358 e. The first-order valence-corrected chi connectivity index (χ1v) is 14.5. The first-order chi connectivity index (χ1) is 9.15. The van der Waals surface area contributed by atoms with Gasteiger partial charge in [0.15, 0.2) is 10.0 Å². The number of allylic oxidation sites excluding steroid dienone is 2. The van der Waals surface area contributed by atoms with E-state index in [1.165, 1.54) is 38.4 Å². The summed E-state index contributed by atoms with van der Waals surface area (Å²) in [6, 6.07) is 0. The maximum atomic E-state index is 10.4. The Hall–Kier alpha value is 0.874. The molecule has 1 aliphatic rings. The van der Waals surface area contributed by atoms with Crippen molar-refractivity contribution in [3.8, 4) is 0 Å². The fourth-order valence-electron chi connectivity index (χ4n) is 1.33. The molecule has 1 aliphatic carbocycles. The first-order valence-electron chi connectivity index (χ1n) is 7.15.